The smallest absolute Gasteiger partial charge is 0.333 e. The van der Waals surface area contributed by atoms with Gasteiger partial charge in [-0.15, -0.1) is 0 Å². The molecule has 5 nitrogen and oxygen atoms in total. The van der Waals surface area contributed by atoms with E-state index in [0.29, 0.717) is 22.3 Å². The van der Waals surface area contributed by atoms with Crippen molar-refractivity contribution in [2.24, 2.45) is 0 Å². The van der Waals surface area contributed by atoms with E-state index in [1.165, 1.54) is 0 Å². The van der Waals surface area contributed by atoms with Crippen molar-refractivity contribution in [1.29, 1.82) is 0 Å². The monoisotopic (exact) mass is 397 g/mol. The minimum atomic E-state index is -0.833. The number of esters is 1. The number of ether oxygens (including phenoxy) is 1. The lowest BCUT2D eigenvalue weighted by Gasteiger charge is -2.20. The first kappa shape index (κ1) is 21.8. The number of carboxylic acid groups (broad SMARTS) is 1. The molecule has 0 saturated heterocycles. The molecular weight excluding hydrogens is 377 g/mol. The number of para-hydroxylation sites is 1. The molecule has 7 heteroatoms. The predicted molar refractivity (Wildman–Crippen MR) is 104 cm³/mol. The van der Waals surface area contributed by atoms with Gasteiger partial charge in [0.2, 0.25) is 0 Å². The molecule has 1 atom stereocenters. The highest BCUT2D eigenvalue weighted by atomic mass is 35.5. The van der Waals surface area contributed by atoms with Crippen molar-refractivity contribution >= 4 is 40.8 Å². The van der Waals surface area contributed by atoms with Gasteiger partial charge in [-0.1, -0.05) is 66.5 Å². The molecule has 2 aromatic rings. The maximum Gasteiger partial charge on any atom is 0.333 e. The Balaban J connectivity index is 0.000000765. The van der Waals surface area contributed by atoms with Crippen LogP contribution in [0.3, 0.4) is 0 Å². The van der Waals surface area contributed by atoms with Gasteiger partial charge in [-0.3, -0.25) is 4.79 Å². The highest BCUT2D eigenvalue weighted by Crippen LogP contribution is 2.33. The van der Waals surface area contributed by atoms with E-state index in [4.69, 9.17) is 37.8 Å². The number of rotatable bonds is 6. The number of nitrogens with one attached hydrogen (secondary N) is 1. The number of hydrogen-bond donors (Lipinski definition) is 2. The molecular formula is C19H21Cl2NO4. The van der Waals surface area contributed by atoms with Crippen LogP contribution in [-0.2, 0) is 14.3 Å². The second-order valence-electron chi connectivity index (χ2n) is 5.27. The van der Waals surface area contributed by atoms with Gasteiger partial charge < -0.3 is 15.2 Å². The van der Waals surface area contributed by atoms with Crippen LogP contribution in [0, 0.1) is 0 Å². The largest absolute Gasteiger partial charge is 0.481 e. The summed E-state index contributed by atoms with van der Waals surface area (Å²) in [4.78, 5) is 21.4. The molecule has 0 heterocycles. The van der Waals surface area contributed by atoms with Gasteiger partial charge in [0.1, 0.15) is 0 Å². The maximum atomic E-state index is 12.4. The summed E-state index contributed by atoms with van der Waals surface area (Å²) in [6, 6.07) is 13.9. The summed E-state index contributed by atoms with van der Waals surface area (Å²) in [6.45, 7) is 3.41. The summed E-state index contributed by atoms with van der Waals surface area (Å²) >= 11 is 12.3. The molecule has 0 fully saturated rings. The van der Waals surface area contributed by atoms with Gasteiger partial charge in [0.05, 0.1) is 22.3 Å². The van der Waals surface area contributed by atoms with E-state index in [9.17, 15) is 4.79 Å². The topological polar surface area (TPSA) is 75.6 Å². The minimum absolute atomic E-state index is 0.357. The molecule has 140 valence electrons. The zero-order valence-corrected chi connectivity index (χ0v) is 16.1. The van der Waals surface area contributed by atoms with Crippen LogP contribution in [-0.4, -0.2) is 23.7 Å². The third-order valence-corrected chi connectivity index (χ3v) is 3.70. The lowest BCUT2D eigenvalue weighted by atomic mass is 10.1. The Bertz CT molecular complexity index is 698. The van der Waals surface area contributed by atoms with Gasteiger partial charge in [-0.25, -0.2) is 4.79 Å². The molecule has 0 amide bonds. The van der Waals surface area contributed by atoms with Gasteiger partial charge in [0.25, 0.3) is 5.97 Å². The summed E-state index contributed by atoms with van der Waals surface area (Å²) in [7, 11) is 0. The van der Waals surface area contributed by atoms with Gasteiger partial charge in [0, 0.05) is 6.92 Å². The van der Waals surface area contributed by atoms with Crippen LogP contribution >= 0.6 is 23.2 Å². The summed E-state index contributed by atoms with van der Waals surface area (Å²) in [5.41, 5.74) is 1.31. The molecule has 0 saturated carbocycles. The molecule has 0 aliphatic carbocycles. The van der Waals surface area contributed by atoms with E-state index in [0.717, 1.165) is 18.9 Å². The van der Waals surface area contributed by atoms with Gasteiger partial charge >= 0.3 is 5.97 Å². The third kappa shape index (κ3) is 7.33. The predicted octanol–water partition coefficient (Wildman–Crippen LogP) is 5.19. The number of benzene rings is 2. The van der Waals surface area contributed by atoms with Crippen molar-refractivity contribution < 1.29 is 19.4 Å². The zero-order chi connectivity index (χ0) is 19.5. The van der Waals surface area contributed by atoms with E-state index in [-0.39, 0.29) is 5.97 Å². The number of hydrogen-bond acceptors (Lipinski definition) is 4. The molecule has 2 aromatic carbocycles. The van der Waals surface area contributed by atoms with Crippen LogP contribution in [0.5, 0.6) is 0 Å². The molecule has 0 bridgehead atoms. The van der Waals surface area contributed by atoms with Crippen molar-refractivity contribution in [3.05, 3.63) is 64.1 Å². The van der Waals surface area contributed by atoms with Crippen LogP contribution in [0.25, 0.3) is 0 Å². The summed E-state index contributed by atoms with van der Waals surface area (Å²) < 4.78 is 5.27. The molecule has 0 aliphatic heterocycles. The lowest BCUT2D eigenvalue weighted by molar-refractivity contribution is -0.144. The minimum Gasteiger partial charge on any atom is -0.481 e. The van der Waals surface area contributed by atoms with E-state index in [1.54, 1.807) is 18.2 Å². The zero-order valence-electron chi connectivity index (χ0n) is 14.5. The highest BCUT2D eigenvalue weighted by Gasteiger charge is 2.23. The molecule has 26 heavy (non-hydrogen) atoms. The van der Waals surface area contributed by atoms with Gasteiger partial charge in [0.15, 0.2) is 6.04 Å². The first-order valence-corrected chi connectivity index (χ1v) is 8.74. The van der Waals surface area contributed by atoms with Crippen molar-refractivity contribution in [1.82, 2.24) is 0 Å². The van der Waals surface area contributed by atoms with Crippen molar-refractivity contribution in [2.45, 2.75) is 26.3 Å². The molecule has 0 spiro atoms. The molecule has 0 aromatic heterocycles. The van der Waals surface area contributed by atoms with E-state index < -0.39 is 12.0 Å². The number of aliphatic carboxylic acids is 1. The average molecular weight is 398 g/mol. The molecule has 1 unspecified atom stereocenters. The normalized spacial score (nSPS) is 10.9. The first-order chi connectivity index (χ1) is 12.4. The number of halogens is 2. The van der Waals surface area contributed by atoms with Crippen LogP contribution in [0.4, 0.5) is 5.69 Å². The number of carboxylic acids is 1. The van der Waals surface area contributed by atoms with Crippen LogP contribution in [0.1, 0.15) is 31.9 Å². The standard InChI is InChI=1S/C17H17Cl2NO2.C2H4O2/c1-2-11-22-17(21)15(12-7-4-3-5-8-12)20-16-13(18)9-6-10-14(16)19;1-2(3)4/h3-10,15,20H,2,11H2,1H3;1H3,(H,3,4). The Morgan fingerprint density at radius 3 is 2.12 bits per heavy atom. The third-order valence-electron chi connectivity index (χ3n) is 3.07. The summed E-state index contributed by atoms with van der Waals surface area (Å²) in [5, 5.41) is 11.4. The van der Waals surface area contributed by atoms with E-state index in [1.807, 2.05) is 37.3 Å². The number of carbonyl (C=O) groups is 2. The van der Waals surface area contributed by atoms with Crippen molar-refractivity contribution in [3.8, 4) is 0 Å². The van der Waals surface area contributed by atoms with Crippen LogP contribution in [0.2, 0.25) is 10.0 Å². The molecule has 2 rings (SSSR count). The Morgan fingerprint density at radius 1 is 1.08 bits per heavy atom. The summed E-state index contributed by atoms with van der Waals surface area (Å²) in [5.74, 6) is -1.19. The second-order valence-corrected chi connectivity index (χ2v) is 6.09. The lowest BCUT2D eigenvalue weighted by Crippen LogP contribution is -2.24. The highest BCUT2D eigenvalue weighted by molar-refractivity contribution is 6.39. The fourth-order valence-corrected chi connectivity index (χ4v) is 2.50. The Labute approximate surface area is 162 Å². The van der Waals surface area contributed by atoms with E-state index >= 15 is 0 Å². The van der Waals surface area contributed by atoms with Crippen molar-refractivity contribution in [2.75, 3.05) is 11.9 Å². The quantitative estimate of drug-likeness (QED) is 0.655. The Kier molecular flexibility index (Phi) is 9.55. The molecule has 0 radical (unpaired) electrons. The van der Waals surface area contributed by atoms with Gasteiger partial charge in [-0.05, 0) is 24.1 Å². The van der Waals surface area contributed by atoms with Crippen LogP contribution in [0.15, 0.2) is 48.5 Å². The molecule has 0 aliphatic rings. The Morgan fingerprint density at radius 2 is 1.62 bits per heavy atom. The SMILES string of the molecule is CC(=O)O.CCCOC(=O)C(Nc1c(Cl)cccc1Cl)c1ccccc1. The van der Waals surface area contributed by atoms with Crippen molar-refractivity contribution in [3.63, 3.8) is 0 Å². The first-order valence-electron chi connectivity index (χ1n) is 7.98. The fraction of sp³-hybridized carbons (Fsp3) is 0.263. The number of anilines is 1. The number of carbonyl (C=O) groups excluding carboxylic acids is 1. The maximum absolute atomic E-state index is 12.4. The van der Waals surface area contributed by atoms with E-state index in [2.05, 4.69) is 5.32 Å². The average Bonchev–Trinajstić information content (AvgIpc) is 2.60. The second kappa shape index (κ2) is 11.4. The van der Waals surface area contributed by atoms with Gasteiger partial charge in [-0.2, -0.15) is 0 Å². The molecule has 2 N–H and O–H groups in total. The van der Waals surface area contributed by atoms with Crippen LogP contribution < -0.4 is 5.32 Å². The fourth-order valence-electron chi connectivity index (χ4n) is 1.99. The Hall–Kier alpha value is -2.24. The summed E-state index contributed by atoms with van der Waals surface area (Å²) in [6.07, 6.45) is 0.764.